The van der Waals surface area contributed by atoms with Gasteiger partial charge in [0.2, 0.25) is 5.95 Å². The largest absolute Gasteiger partial charge is 1.00 e. The van der Waals surface area contributed by atoms with Crippen molar-refractivity contribution in [2.75, 3.05) is 32.6 Å². The third kappa shape index (κ3) is 6.42. The smallest absolute Gasteiger partial charge is 0.416 e. The van der Waals surface area contributed by atoms with Crippen LogP contribution >= 0.6 is 0 Å². The van der Waals surface area contributed by atoms with Gasteiger partial charge in [-0.25, -0.2) is 19.3 Å². The molecule has 0 saturated heterocycles. The Bertz CT molecular complexity index is 1900. The Balaban J connectivity index is 0.00000480. The number of carbonyl (C=O) groups excluding carboxylic acids is 1. The zero-order valence-electron chi connectivity index (χ0n) is 25.8. The Morgan fingerprint density at radius 1 is 1.17 bits per heavy atom. The number of aromatic amines is 1. The van der Waals surface area contributed by atoms with Crippen molar-refractivity contribution in [2.45, 2.75) is 32.1 Å². The molecule has 3 heterocycles. The molecule has 0 aliphatic carbocycles. The number of likely N-dealkylation sites (N-methyl/N-ethyl adjacent to an activating group) is 1. The van der Waals surface area contributed by atoms with Crippen LogP contribution in [0.25, 0.3) is 0 Å². The SMILES string of the molecule is COC(=O)C1=C(C)N(c2cccc(C(F)(F)F)c2)c2n[nH]c(=O)n2C1c1ccc(C#N)cc1CC[N+](C)(C)Cc1ccnn1C.[Cl-]. The Morgan fingerprint density at radius 3 is 2.54 bits per heavy atom. The molecular formula is C31H32ClF3N8O3. The molecule has 0 bridgehead atoms. The van der Waals surface area contributed by atoms with Crippen LogP contribution in [0.15, 0.2) is 70.8 Å². The minimum atomic E-state index is -4.62. The van der Waals surface area contributed by atoms with Crippen LogP contribution in [0.2, 0.25) is 0 Å². The van der Waals surface area contributed by atoms with Gasteiger partial charge in [0.25, 0.3) is 0 Å². The number of fused-ring (bicyclic) bond motifs is 1. The summed E-state index contributed by atoms with van der Waals surface area (Å²) in [5, 5.41) is 20.5. The molecule has 15 heteroatoms. The van der Waals surface area contributed by atoms with Crippen molar-refractivity contribution in [1.82, 2.24) is 24.5 Å². The highest BCUT2D eigenvalue weighted by atomic mass is 35.5. The summed E-state index contributed by atoms with van der Waals surface area (Å²) in [6, 6.07) is 12.6. The van der Waals surface area contributed by atoms with E-state index in [-0.39, 0.29) is 35.3 Å². The van der Waals surface area contributed by atoms with Crippen molar-refractivity contribution in [3.63, 3.8) is 0 Å². The number of H-pyrrole nitrogens is 1. The van der Waals surface area contributed by atoms with Gasteiger partial charge in [-0.05, 0) is 54.4 Å². The predicted octanol–water partition coefficient (Wildman–Crippen LogP) is 1.21. The maximum atomic E-state index is 13.7. The second-order valence-corrected chi connectivity index (χ2v) is 11.5. The van der Waals surface area contributed by atoms with Crippen molar-refractivity contribution in [1.29, 1.82) is 5.26 Å². The Labute approximate surface area is 269 Å². The molecule has 5 rings (SSSR count). The van der Waals surface area contributed by atoms with Crippen molar-refractivity contribution >= 4 is 17.6 Å². The monoisotopic (exact) mass is 656 g/mol. The van der Waals surface area contributed by atoms with Crippen LogP contribution in [0.3, 0.4) is 0 Å². The number of nitrogens with zero attached hydrogens (tertiary/aromatic N) is 7. The fourth-order valence-electron chi connectivity index (χ4n) is 5.73. The molecule has 1 aliphatic rings. The third-order valence-electron chi connectivity index (χ3n) is 8.05. The summed E-state index contributed by atoms with van der Waals surface area (Å²) in [4.78, 5) is 28.2. The molecule has 0 saturated carbocycles. The number of benzene rings is 2. The summed E-state index contributed by atoms with van der Waals surface area (Å²) in [7, 11) is 7.20. The molecule has 0 fully saturated rings. The van der Waals surface area contributed by atoms with Crippen LogP contribution in [-0.2, 0) is 35.7 Å². The Kier molecular flexibility index (Phi) is 9.51. The molecule has 11 nitrogen and oxygen atoms in total. The second kappa shape index (κ2) is 12.9. The zero-order valence-corrected chi connectivity index (χ0v) is 26.5. The Morgan fingerprint density at radius 2 is 1.91 bits per heavy atom. The van der Waals surface area contributed by atoms with Gasteiger partial charge < -0.3 is 21.6 Å². The van der Waals surface area contributed by atoms with Crippen LogP contribution in [-0.4, -0.2) is 62.7 Å². The number of quaternary nitrogens is 1. The van der Waals surface area contributed by atoms with E-state index in [1.54, 1.807) is 31.3 Å². The van der Waals surface area contributed by atoms with E-state index >= 15 is 0 Å². The lowest BCUT2D eigenvalue weighted by Gasteiger charge is -2.36. The number of anilines is 2. The number of nitrogens with one attached hydrogen (secondary N) is 1. The first-order valence-corrected chi connectivity index (χ1v) is 14.0. The van der Waals surface area contributed by atoms with E-state index in [0.717, 1.165) is 23.4 Å². The lowest BCUT2D eigenvalue weighted by Crippen LogP contribution is -3.00. The van der Waals surface area contributed by atoms with Gasteiger partial charge >= 0.3 is 17.8 Å². The number of ether oxygens (including phenoxy) is 1. The van der Waals surface area contributed by atoms with Gasteiger partial charge in [-0.2, -0.15) is 23.5 Å². The summed E-state index contributed by atoms with van der Waals surface area (Å²) >= 11 is 0. The Hall–Kier alpha value is -4.87. The standard InChI is InChI=1S/C31H31F3N8O3.ClH/c1-19-26(28(43)45-5)27(41-29(37-38-30(41)44)40(19)23-8-6-7-22(16-23)31(32,33)34)25-10-9-20(17-35)15-21(25)12-14-42(3,4)18-24-11-13-36-39(24)2;/h6-11,13,15-16,27H,12,14,18H2,1-5H3;1H. The van der Waals surface area contributed by atoms with E-state index in [2.05, 4.69) is 35.5 Å². The lowest BCUT2D eigenvalue weighted by molar-refractivity contribution is -0.903. The molecule has 1 atom stereocenters. The van der Waals surface area contributed by atoms with Crippen LogP contribution in [0.1, 0.15) is 40.9 Å². The first-order valence-electron chi connectivity index (χ1n) is 14.0. The minimum absolute atomic E-state index is 0. The number of hydrogen-bond donors (Lipinski definition) is 1. The normalized spacial score (nSPS) is 14.8. The van der Waals surface area contributed by atoms with Crippen LogP contribution in [0.5, 0.6) is 0 Å². The third-order valence-corrected chi connectivity index (χ3v) is 8.05. The summed E-state index contributed by atoms with van der Waals surface area (Å²) in [5.74, 6) is -0.770. The highest BCUT2D eigenvalue weighted by Gasteiger charge is 2.41. The number of carbonyl (C=O) groups is 1. The molecule has 1 N–H and O–H groups in total. The van der Waals surface area contributed by atoms with E-state index < -0.39 is 29.4 Å². The minimum Gasteiger partial charge on any atom is -1.00 e. The number of aryl methyl sites for hydroxylation is 1. The maximum absolute atomic E-state index is 13.7. The highest BCUT2D eigenvalue weighted by Crippen LogP contribution is 2.43. The summed E-state index contributed by atoms with van der Waals surface area (Å²) in [6.45, 7) is 2.87. The summed E-state index contributed by atoms with van der Waals surface area (Å²) in [5.41, 5.74) is 1.46. The van der Waals surface area contributed by atoms with E-state index in [1.165, 1.54) is 28.7 Å². The van der Waals surface area contributed by atoms with Gasteiger partial charge in [0.05, 0.1) is 56.2 Å². The molecule has 1 aliphatic heterocycles. The van der Waals surface area contributed by atoms with Gasteiger partial charge in [0.1, 0.15) is 12.6 Å². The molecule has 4 aromatic rings. The predicted molar refractivity (Wildman–Crippen MR) is 158 cm³/mol. The number of halogens is 4. The number of alkyl halides is 3. The van der Waals surface area contributed by atoms with Gasteiger partial charge in [0, 0.05) is 31.0 Å². The molecule has 242 valence electrons. The first-order chi connectivity index (χ1) is 21.3. The summed E-state index contributed by atoms with van der Waals surface area (Å²) < 4.78 is 49.7. The maximum Gasteiger partial charge on any atom is 0.416 e. The number of hydrogen-bond acceptors (Lipinski definition) is 7. The summed E-state index contributed by atoms with van der Waals surface area (Å²) in [6.07, 6.45) is -2.42. The molecule has 0 spiro atoms. The van der Waals surface area contributed by atoms with Crippen LogP contribution < -0.4 is 23.0 Å². The van der Waals surface area contributed by atoms with Gasteiger partial charge in [-0.3, -0.25) is 9.58 Å². The number of allylic oxidation sites excluding steroid dienone is 1. The number of esters is 1. The number of rotatable bonds is 8. The van der Waals surface area contributed by atoms with Crippen molar-refractivity contribution in [3.8, 4) is 6.07 Å². The first kappa shape index (κ1) is 34.0. The quantitative estimate of drug-likeness (QED) is 0.224. The van der Waals surface area contributed by atoms with Crippen LogP contribution in [0, 0.1) is 11.3 Å². The number of nitriles is 1. The van der Waals surface area contributed by atoms with E-state index in [4.69, 9.17) is 4.74 Å². The molecule has 0 radical (unpaired) electrons. The van der Waals surface area contributed by atoms with E-state index in [9.17, 15) is 28.0 Å². The molecule has 2 aromatic carbocycles. The van der Waals surface area contributed by atoms with Crippen molar-refractivity contribution < 1.29 is 39.6 Å². The van der Waals surface area contributed by atoms with E-state index in [0.29, 0.717) is 35.1 Å². The van der Waals surface area contributed by atoms with Crippen molar-refractivity contribution in [3.05, 3.63) is 104 Å². The highest BCUT2D eigenvalue weighted by molar-refractivity contribution is 5.93. The molecule has 1 unspecified atom stereocenters. The lowest BCUT2D eigenvalue weighted by atomic mass is 9.89. The molecule has 46 heavy (non-hydrogen) atoms. The van der Waals surface area contributed by atoms with Gasteiger partial charge in [-0.1, -0.05) is 12.1 Å². The number of methoxy groups -OCH3 is 1. The second-order valence-electron chi connectivity index (χ2n) is 11.5. The fraction of sp³-hybridized carbons (Fsp3) is 0.323. The van der Waals surface area contributed by atoms with Crippen LogP contribution in [0.4, 0.5) is 24.8 Å². The van der Waals surface area contributed by atoms with Gasteiger partial charge in [0.15, 0.2) is 0 Å². The topological polar surface area (TPSA) is 122 Å². The van der Waals surface area contributed by atoms with E-state index in [1.807, 2.05) is 17.8 Å². The fourth-order valence-corrected chi connectivity index (χ4v) is 5.73. The molecule has 2 aromatic heterocycles. The van der Waals surface area contributed by atoms with Crippen molar-refractivity contribution in [2.24, 2.45) is 7.05 Å². The zero-order chi connectivity index (χ0) is 32.7. The number of aromatic nitrogens is 5. The van der Waals surface area contributed by atoms with Gasteiger partial charge in [-0.15, -0.1) is 5.10 Å². The average Bonchev–Trinajstić information content (AvgIpc) is 3.58. The molecule has 0 amide bonds. The average molecular weight is 657 g/mol. The molecular weight excluding hydrogens is 625 g/mol.